The Morgan fingerprint density at radius 1 is 1.38 bits per heavy atom. The highest BCUT2D eigenvalue weighted by Gasteiger charge is 2.01. The Kier molecular flexibility index (Phi) is 3.67. The lowest BCUT2D eigenvalue weighted by molar-refractivity contribution is 1.28. The van der Waals surface area contributed by atoms with E-state index in [1.165, 1.54) is 11.1 Å². The smallest absolute Gasteiger partial charge is 0.0796 e. The van der Waals surface area contributed by atoms with Crippen LogP contribution in [0.15, 0.2) is 21.6 Å². The van der Waals surface area contributed by atoms with Crippen LogP contribution in [0.3, 0.4) is 0 Å². The zero-order chi connectivity index (χ0) is 9.84. The van der Waals surface area contributed by atoms with Crippen molar-refractivity contribution in [1.82, 2.24) is 0 Å². The number of hydrogen-bond donors (Lipinski definition) is 0. The Bertz CT molecular complexity index is 306. The van der Waals surface area contributed by atoms with Gasteiger partial charge in [0.1, 0.15) is 0 Å². The van der Waals surface area contributed by atoms with Crippen LogP contribution in [0.1, 0.15) is 24.5 Å². The molecule has 0 unspecified atom stereocenters. The van der Waals surface area contributed by atoms with Gasteiger partial charge in [0, 0.05) is 10.7 Å². The molecule has 1 nitrogen and oxygen atoms in total. The van der Waals surface area contributed by atoms with E-state index in [0.717, 1.165) is 16.6 Å². The van der Waals surface area contributed by atoms with Crippen molar-refractivity contribution < 1.29 is 0 Å². The second-order valence-electron chi connectivity index (χ2n) is 3.13. The molecule has 0 atom stereocenters. The molecular weight excluding hydrogens is 226 g/mol. The Morgan fingerprint density at radius 3 is 2.62 bits per heavy atom. The molecule has 0 saturated carbocycles. The number of benzene rings is 1. The van der Waals surface area contributed by atoms with Crippen LogP contribution in [0.25, 0.3) is 0 Å². The van der Waals surface area contributed by atoms with Gasteiger partial charge in [-0.05, 0) is 53.4 Å². The molecule has 0 heterocycles. The fraction of sp³-hybridized carbons (Fsp3) is 0.364. The molecule has 0 aliphatic rings. The molecule has 2 heteroatoms. The quantitative estimate of drug-likeness (QED) is 0.687. The summed E-state index contributed by atoms with van der Waals surface area (Å²) in [6.45, 7) is 6.26. The lowest BCUT2D eigenvalue weighted by Gasteiger charge is -2.04. The second-order valence-corrected chi connectivity index (χ2v) is 3.99. The van der Waals surface area contributed by atoms with E-state index in [9.17, 15) is 0 Å². The van der Waals surface area contributed by atoms with Crippen molar-refractivity contribution in [3.8, 4) is 0 Å². The summed E-state index contributed by atoms with van der Waals surface area (Å²) in [5.74, 6) is 0. The van der Waals surface area contributed by atoms with Gasteiger partial charge < -0.3 is 0 Å². The molecule has 0 aromatic heterocycles. The van der Waals surface area contributed by atoms with Crippen molar-refractivity contribution in [1.29, 1.82) is 0 Å². The molecule has 0 fully saturated rings. The van der Waals surface area contributed by atoms with Gasteiger partial charge in [-0.1, -0.05) is 13.0 Å². The normalized spacial score (nSPS) is 11.1. The number of hydrogen-bond acceptors (Lipinski definition) is 1. The molecule has 1 aromatic rings. The van der Waals surface area contributed by atoms with Gasteiger partial charge in [-0.25, -0.2) is 0 Å². The van der Waals surface area contributed by atoms with Crippen LogP contribution in [0.2, 0.25) is 0 Å². The maximum atomic E-state index is 4.39. The molecule has 0 spiro atoms. The van der Waals surface area contributed by atoms with E-state index < -0.39 is 0 Å². The molecule has 0 aliphatic heterocycles. The highest BCUT2D eigenvalue weighted by Crippen LogP contribution is 2.30. The van der Waals surface area contributed by atoms with Gasteiger partial charge in [-0.15, -0.1) is 0 Å². The molecule has 0 aliphatic carbocycles. The Hall–Kier alpha value is -0.630. The number of halogens is 1. The molecule has 0 radical (unpaired) electrons. The zero-order valence-electron chi connectivity index (χ0n) is 8.26. The van der Waals surface area contributed by atoms with Gasteiger partial charge in [-0.3, -0.25) is 4.99 Å². The maximum Gasteiger partial charge on any atom is 0.0796 e. The largest absolute Gasteiger partial charge is 0.260 e. The first kappa shape index (κ1) is 10.5. The minimum absolute atomic E-state index is 0.972. The molecule has 0 N–H and O–H groups in total. The van der Waals surface area contributed by atoms with Gasteiger partial charge in [0.05, 0.1) is 5.69 Å². The van der Waals surface area contributed by atoms with Crippen molar-refractivity contribution in [2.24, 2.45) is 4.99 Å². The van der Waals surface area contributed by atoms with Gasteiger partial charge in [-0.2, -0.15) is 0 Å². The van der Waals surface area contributed by atoms with E-state index in [0.29, 0.717) is 0 Å². The average molecular weight is 240 g/mol. The molecular formula is C11H14BrN. The fourth-order valence-corrected chi connectivity index (χ4v) is 2.03. The van der Waals surface area contributed by atoms with Gasteiger partial charge in [0.25, 0.3) is 0 Å². The van der Waals surface area contributed by atoms with Crippen LogP contribution in [-0.4, -0.2) is 6.21 Å². The molecule has 1 aromatic carbocycles. The topological polar surface area (TPSA) is 12.4 Å². The first-order chi connectivity index (χ1) is 6.15. The van der Waals surface area contributed by atoms with Gasteiger partial charge >= 0.3 is 0 Å². The summed E-state index contributed by atoms with van der Waals surface area (Å²) in [6.07, 6.45) is 2.90. The lowest BCUT2D eigenvalue weighted by atomic mass is 10.1. The fourth-order valence-electron chi connectivity index (χ4n) is 1.25. The third-order valence-corrected chi connectivity index (χ3v) is 2.41. The second kappa shape index (κ2) is 4.56. The summed E-state index contributed by atoms with van der Waals surface area (Å²) in [6, 6.07) is 4.24. The first-order valence-corrected chi connectivity index (χ1v) is 5.23. The molecule has 0 bridgehead atoms. The van der Waals surface area contributed by atoms with Crippen LogP contribution in [0, 0.1) is 13.8 Å². The first-order valence-electron chi connectivity index (χ1n) is 4.44. The van der Waals surface area contributed by atoms with E-state index in [1.54, 1.807) is 0 Å². The summed E-state index contributed by atoms with van der Waals surface area (Å²) in [7, 11) is 0. The Balaban J connectivity index is 3.13. The molecule has 1 rings (SSSR count). The number of aryl methyl sites for hydroxylation is 2. The van der Waals surface area contributed by atoms with Crippen LogP contribution in [-0.2, 0) is 0 Å². The average Bonchev–Trinajstić information content (AvgIpc) is 2.02. The number of rotatable bonds is 2. The predicted molar refractivity (Wildman–Crippen MR) is 62.1 cm³/mol. The molecule has 0 saturated heterocycles. The Morgan fingerprint density at radius 2 is 2.08 bits per heavy atom. The van der Waals surface area contributed by atoms with E-state index in [2.05, 4.69) is 53.8 Å². The summed E-state index contributed by atoms with van der Waals surface area (Å²) in [5.41, 5.74) is 3.53. The van der Waals surface area contributed by atoms with E-state index in [-0.39, 0.29) is 0 Å². The van der Waals surface area contributed by atoms with Crippen molar-refractivity contribution in [3.63, 3.8) is 0 Å². The number of nitrogens with zero attached hydrogens (tertiary/aromatic N) is 1. The van der Waals surface area contributed by atoms with Crippen LogP contribution in [0.4, 0.5) is 5.69 Å². The molecule has 13 heavy (non-hydrogen) atoms. The van der Waals surface area contributed by atoms with Crippen molar-refractivity contribution in [2.45, 2.75) is 27.2 Å². The van der Waals surface area contributed by atoms with Crippen molar-refractivity contribution in [2.75, 3.05) is 0 Å². The lowest BCUT2D eigenvalue weighted by Crippen LogP contribution is -1.81. The van der Waals surface area contributed by atoms with Crippen molar-refractivity contribution >= 4 is 27.8 Å². The third kappa shape index (κ3) is 2.66. The Labute approximate surface area is 88.0 Å². The zero-order valence-corrected chi connectivity index (χ0v) is 9.85. The summed E-state index contributed by atoms with van der Waals surface area (Å²) < 4.78 is 1.08. The highest BCUT2D eigenvalue weighted by atomic mass is 79.9. The van der Waals surface area contributed by atoms with E-state index >= 15 is 0 Å². The third-order valence-electron chi connectivity index (χ3n) is 1.80. The van der Waals surface area contributed by atoms with Crippen LogP contribution >= 0.6 is 15.9 Å². The highest BCUT2D eigenvalue weighted by molar-refractivity contribution is 9.10. The van der Waals surface area contributed by atoms with Crippen LogP contribution < -0.4 is 0 Å². The van der Waals surface area contributed by atoms with Gasteiger partial charge in [0.2, 0.25) is 0 Å². The predicted octanol–water partition coefficient (Wildman–Crippen LogP) is 4.18. The van der Waals surface area contributed by atoms with Crippen LogP contribution in [0.5, 0.6) is 0 Å². The maximum absolute atomic E-state index is 4.39. The van der Waals surface area contributed by atoms with Gasteiger partial charge in [0.15, 0.2) is 0 Å². The standard InChI is InChI=1S/C11H14BrN/c1-4-5-13-11-9(3)6-8(2)7-10(11)12/h5-7H,4H2,1-3H3/b13-5-. The van der Waals surface area contributed by atoms with Crippen molar-refractivity contribution in [3.05, 3.63) is 27.7 Å². The monoisotopic (exact) mass is 239 g/mol. The van der Waals surface area contributed by atoms with E-state index in [4.69, 9.17) is 0 Å². The summed E-state index contributed by atoms with van der Waals surface area (Å²) in [5, 5.41) is 0. The molecule has 0 amide bonds. The summed E-state index contributed by atoms with van der Waals surface area (Å²) >= 11 is 3.51. The minimum Gasteiger partial charge on any atom is -0.260 e. The van der Waals surface area contributed by atoms with E-state index in [1.807, 2.05) is 6.21 Å². The minimum atomic E-state index is 0.972. The SMILES string of the molecule is CC/C=N\c1c(C)cc(C)cc1Br. The number of aliphatic imine (C=N–C) groups is 1. The molecule has 70 valence electrons. The summed E-state index contributed by atoms with van der Waals surface area (Å²) in [4.78, 5) is 4.39.